The Morgan fingerprint density at radius 2 is 1.88 bits per heavy atom. The van der Waals surface area contributed by atoms with Crippen LogP contribution in [0.5, 0.6) is 0 Å². The zero-order valence-electron chi connectivity index (χ0n) is 9.43. The van der Waals surface area contributed by atoms with Gasteiger partial charge in [0.1, 0.15) is 5.60 Å². The molecular weight excluding hydrogens is 216 g/mol. The van der Waals surface area contributed by atoms with E-state index in [1.54, 1.807) is 36.4 Å². The van der Waals surface area contributed by atoms with Crippen molar-refractivity contribution in [3.05, 3.63) is 48.0 Å². The molecule has 0 fully saturated rings. The van der Waals surface area contributed by atoms with Gasteiger partial charge in [0, 0.05) is 5.56 Å². The summed E-state index contributed by atoms with van der Waals surface area (Å²) in [5.41, 5.74) is -1.28. The van der Waals surface area contributed by atoms with Crippen LogP contribution in [0.1, 0.15) is 29.6 Å². The summed E-state index contributed by atoms with van der Waals surface area (Å²) >= 11 is 0. The molecule has 0 heterocycles. The lowest BCUT2D eigenvalue weighted by molar-refractivity contribution is -0.129. The first-order valence-electron chi connectivity index (χ1n) is 5.68. The lowest BCUT2D eigenvalue weighted by atomic mass is 9.84. The molecule has 17 heavy (non-hydrogen) atoms. The van der Waals surface area contributed by atoms with Crippen molar-refractivity contribution in [3.63, 3.8) is 0 Å². The van der Waals surface area contributed by atoms with Crippen LogP contribution in [0.4, 0.5) is 0 Å². The van der Waals surface area contributed by atoms with Crippen molar-refractivity contribution in [3.8, 4) is 0 Å². The summed E-state index contributed by atoms with van der Waals surface area (Å²) in [6, 6.07) is 8.32. The van der Waals surface area contributed by atoms with E-state index < -0.39 is 17.2 Å². The van der Waals surface area contributed by atoms with Gasteiger partial charge in [-0.05, 0) is 25.3 Å². The smallest absolute Gasteiger partial charge is 0.238 e. The molecule has 1 N–H and O–H groups in total. The van der Waals surface area contributed by atoms with Crippen LogP contribution in [-0.4, -0.2) is 22.3 Å². The minimum atomic E-state index is -1.61. The maximum absolute atomic E-state index is 12.0. The highest BCUT2D eigenvalue weighted by Gasteiger charge is 2.38. The number of carbonyl (C=O) groups excluding carboxylic acids is 2. The fourth-order valence-corrected chi connectivity index (χ4v) is 1.96. The van der Waals surface area contributed by atoms with Gasteiger partial charge in [0.2, 0.25) is 11.6 Å². The van der Waals surface area contributed by atoms with E-state index in [1.807, 2.05) is 0 Å². The standard InChI is InChI=1S/C14H14O3/c15-12(11-7-3-1-4-8-11)13(16)14(17)9-5-2-6-10-14/h1,3-5,7-9,17H,2,6,10H2. The molecule has 0 amide bonds. The minimum absolute atomic E-state index is 0.320. The Balaban J connectivity index is 2.24. The van der Waals surface area contributed by atoms with Gasteiger partial charge < -0.3 is 5.11 Å². The molecule has 1 aromatic rings. The molecule has 2 rings (SSSR count). The topological polar surface area (TPSA) is 54.4 Å². The van der Waals surface area contributed by atoms with Crippen molar-refractivity contribution < 1.29 is 14.7 Å². The molecule has 3 heteroatoms. The third kappa shape index (κ3) is 2.34. The Morgan fingerprint density at radius 1 is 1.18 bits per heavy atom. The summed E-state index contributed by atoms with van der Waals surface area (Å²) in [5, 5.41) is 10.1. The van der Waals surface area contributed by atoms with Crippen LogP contribution in [0.3, 0.4) is 0 Å². The highest BCUT2D eigenvalue weighted by molar-refractivity contribution is 6.46. The van der Waals surface area contributed by atoms with Gasteiger partial charge in [-0.1, -0.05) is 36.4 Å². The fraction of sp³-hybridized carbons (Fsp3) is 0.286. The van der Waals surface area contributed by atoms with Gasteiger partial charge in [0.25, 0.3) is 0 Å². The zero-order valence-corrected chi connectivity index (χ0v) is 9.43. The van der Waals surface area contributed by atoms with E-state index in [9.17, 15) is 14.7 Å². The van der Waals surface area contributed by atoms with E-state index in [-0.39, 0.29) is 0 Å². The molecule has 0 spiro atoms. The van der Waals surface area contributed by atoms with Crippen LogP contribution in [-0.2, 0) is 4.79 Å². The van der Waals surface area contributed by atoms with Crippen molar-refractivity contribution >= 4 is 11.6 Å². The Bertz CT molecular complexity index is 462. The highest BCUT2D eigenvalue weighted by Crippen LogP contribution is 2.24. The number of carbonyl (C=O) groups is 2. The number of allylic oxidation sites excluding steroid dienone is 1. The van der Waals surface area contributed by atoms with Crippen LogP contribution in [0.25, 0.3) is 0 Å². The molecule has 0 saturated heterocycles. The lowest BCUT2D eigenvalue weighted by Gasteiger charge is -2.24. The lowest BCUT2D eigenvalue weighted by Crippen LogP contribution is -2.42. The monoisotopic (exact) mass is 230 g/mol. The van der Waals surface area contributed by atoms with Crippen molar-refractivity contribution in [1.82, 2.24) is 0 Å². The first kappa shape index (κ1) is 11.7. The molecular formula is C14H14O3. The summed E-state index contributed by atoms with van der Waals surface area (Å²) in [6.45, 7) is 0. The van der Waals surface area contributed by atoms with Gasteiger partial charge in [0.05, 0.1) is 0 Å². The Hall–Kier alpha value is -1.74. The van der Waals surface area contributed by atoms with E-state index in [2.05, 4.69) is 0 Å². The second-order valence-corrected chi connectivity index (χ2v) is 4.24. The maximum atomic E-state index is 12.0. The summed E-state index contributed by atoms with van der Waals surface area (Å²) in [5.74, 6) is -1.36. The third-order valence-corrected chi connectivity index (χ3v) is 2.96. The van der Waals surface area contributed by atoms with Crippen LogP contribution in [0.2, 0.25) is 0 Å². The summed E-state index contributed by atoms with van der Waals surface area (Å²) in [4.78, 5) is 23.9. The number of rotatable bonds is 3. The minimum Gasteiger partial charge on any atom is -0.377 e. The van der Waals surface area contributed by atoms with E-state index in [1.165, 1.54) is 6.08 Å². The van der Waals surface area contributed by atoms with E-state index >= 15 is 0 Å². The predicted molar refractivity (Wildman–Crippen MR) is 63.7 cm³/mol. The maximum Gasteiger partial charge on any atom is 0.238 e. The number of ketones is 2. The third-order valence-electron chi connectivity index (χ3n) is 2.96. The second-order valence-electron chi connectivity index (χ2n) is 4.24. The molecule has 1 atom stereocenters. The molecule has 0 aromatic heterocycles. The van der Waals surface area contributed by atoms with Gasteiger partial charge in [-0.2, -0.15) is 0 Å². The normalized spacial score (nSPS) is 23.4. The number of hydrogen-bond donors (Lipinski definition) is 1. The van der Waals surface area contributed by atoms with Crippen LogP contribution >= 0.6 is 0 Å². The molecule has 0 radical (unpaired) electrons. The van der Waals surface area contributed by atoms with Crippen LogP contribution < -0.4 is 0 Å². The molecule has 3 nitrogen and oxygen atoms in total. The summed E-state index contributed by atoms with van der Waals surface area (Å²) in [7, 11) is 0. The quantitative estimate of drug-likeness (QED) is 0.490. The number of hydrogen-bond acceptors (Lipinski definition) is 3. The van der Waals surface area contributed by atoms with E-state index in [0.717, 1.165) is 12.8 Å². The number of Topliss-reactive ketones (excluding diaryl/α,β-unsaturated/α-hetero) is 2. The first-order valence-corrected chi connectivity index (χ1v) is 5.68. The van der Waals surface area contributed by atoms with E-state index in [0.29, 0.717) is 12.0 Å². The summed E-state index contributed by atoms with van der Waals surface area (Å²) in [6.07, 6.45) is 5.08. The molecule has 1 aliphatic carbocycles. The molecule has 88 valence electrons. The molecule has 0 saturated carbocycles. The Morgan fingerprint density at radius 3 is 2.47 bits per heavy atom. The summed E-state index contributed by atoms with van der Waals surface area (Å²) < 4.78 is 0. The fourth-order valence-electron chi connectivity index (χ4n) is 1.96. The van der Waals surface area contributed by atoms with Gasteiger partial charge in [-0.25, -0.2) is 0 Å². The van der Waals surface area contributed by atoms with Crippen LogP contribution in [0.15, 0.2) is 42.5 Å². The first-order chi connectivity index (χ1) is 8.13. The van der Waals surface area contributed by atoms with Crippen molar-refractivity contribution in [1.29, 1.82) is 0 Å². The molecule has 0 bridgehead atoms. The van der Waals surface area contributed by atoms with Gasteiger partial charge in [-0.3, -0.25) is 9.59 Å². The Labute approximate surface area is 99.8 Å². The Kier molecular flexibility index (Phi) is 3.20. The molecule has 1 aromatic carbocycles. The van der Waals surface area contributed by atoms with Gasteiger partial charge in [-0.15, -0.1) is 0 Å². The van der Waals surface area contributed by atoms with Crippen molar-refractivity contribution in [2.24, 2.45) is 0 Å². The molecule has 1 aliphatic rings. The predicted octanol–water partition coefficient (Wildman–Crippen LogP) is 1.91. The molecule has 1 unspecified atom stereocenters. The zero-order chi connectivity index (χ0) is 12.3. The largest absolute Gasteiger partial charge is 0.377 e. The number of aliphatic hydroxyl groups is 1. The van der Waals surface area contributed by atoms with E-state index in [4.69, 9.17) is 0 Å². The molecule has 0 aliphatic heterocycles. The second kappa shape index (κ2) is 4.63. The number of benzene rings is 1. The average Bonchev–Trinajstić information content (AvgIpc) is 2.39. The van der Waals surface area contributed by atoms with Crippen molar-refractivity contribution in [2.45, 2.75) is 24.9 Å². The average molecular weight is 230 g/mol. The highest BCUT2D eigenvalue weighted by atomic mass is 16.3. The SMILES string of the molecule is O=C(C(=O)C1(O)C=CCCC1)c1ccccc1. The van der Waals surface area contributed by atoms with Crippen molar-refractivity contribution in [2.75, 3.05) is 0 Å². The van der Waals surface area contributed by atoms with Crippen LogP contribution in [0, 0.1) is 0 Å². The van der Waals surface area contributed by atoms with Gasteiger partial charge >= 0.3 is 0 Å². The van der Waals surface area contributed by atoms with Gasteiger partial charge in [0.15, 0.2) is 0 Å².